The Morgan fingerprint density at radius 2 is 1.86 bits per heavy atom. The summed E-state index contributed by atoms with van der Waals surface area (Å²) in [5.74, 6) is -2.26. The molecule has 0 fully saturated rings. The van der Waals surface area contributed by atoms with E-state index >= 15 is 0 Å². The minimum atomic E-state index is -4.67. The van der Waals surface area contributed by atoms with Crippen LogP contribution in [0.1, 0.15) is 22.4 Å². The first kappa shape index (κ1) is 24.1. The molecule has 0 saturated carbocycles. The average Bonchev–Trinajstić information content (AvgIpc) is 3.17. The van der Waals surface area contributed by atoms with Crippen molar-refractivity contribution < 1.29 is 41.0 Å². The maximum Gasteiger partial charge on any atom is 0.416 e. The van der Waals surface area contributed by atoms with Crippen molar-refractivity contribution in [2.24, 2.45) is 5.73 Å². The topological polar surface area (TPSA) is 98.6 Å². The van der Waals surface area contributed by atoms with Gasteiger partial charge in [0, 0.05) is 40.9 Å². The number of furan rings is 1. The van der Waals surface area contributed by atoms with Crippen LogP contribution in [-0.4, -0.2) is 16.1 Å². The number of aliphatic carboxylic acids is 1. The molecule has 0 aliphatic rings. The lowest BCUT2D eigenvalue weighted by Gasteiger charge is -2.15. The number of rotatable bonds is 7. The molecular weight excluding hydrogens is 475 g/mol. The average molecular weight is 492 g/mol. The molecule has 2 aromatic carbocycles. The van der Waals surface area contributed by atoms with E-state index in [4.69, 9.17) is 20.0 Å². The van der Waals surface area contributed by atoms with Gasteiger partial charge in [0.05, 0.1) is 17.7 Å². The van der Waals surface area contributed by atoms with Crippen molar-refractivity contribution in [2.45, 2.75) is 25.7 Å². The highest BCUT2D eigenvalue weighted by atomic mass is 19.4. The Labute approximate surface area is 194 Å². The Morgan fingerprint density at radius 3 is 2.54 bits per heavy atom. The fraction of sp³-hybridized carbons (Fsp3) is 0.167. The summed E-state index contributed by atoms with van der Waals surface area (Å²) in [6, 6.07) is 6.93. The van der Waals surface area contributed by atoms with Gasteiger partial charge in [0.1, 0.15) is 17.9 Å². The number of pyridine rings is 1. The molecule has 0 unspecified atom stereocenters. The predicted octanol–water partition coefficient (Wildman–Crippen LogP) is 5.46. The molecule has 4 rings (SSSR count). The third-order valence-electron chi connectivity index (χ3n) is 5.22. The summed E-state index contributed by atoms with van der Waals surface area (Å²) in [5.41, 5.74) is 5.11. The van der Waals surface area contributed by atoms with Crippen LogP contribution in [-0.2, 0) is 30.5 Å². The Bertz CT molecular complexity index is 1420. The lowest BCUT2D eigenvalue weighted by molar-refractivity contribution is -0.137. The highest BCUT2D eigenvalue weighted by molar-refractivity contribution is 5.93. The molecule has 35 heavy (non-hydrogen) atoms. The van der Waals surface area contributed by atoms with Crippen molar-refractivity contribution in [1.82, 2.24) is 4.98 Å². The number of alkyl halides is 3. The van der Waals surface area contributed by atoms with E-state index < -0.39 is 36.0 Å². The van der Waals surface area contributed by atoms with Gasteiger partial charge in [0.2, 0.25) is 0 Å². The zero-order valence-electron chi connectivity index (χ0n) is 17.8. The molecule has 0 saturated heterocycles. The highest BCUT2D eigenvalue weighted by Gasteiger charge is 2.31. The van der Waals surface area contributed by atoms with Crippen molar-refractivity contribution in [3.63, 3.8) is 0 Å². The molecule has 2 aromatic heterocycles. The lowest BCUT2D eigenvalue weighted by atomic mass is 10.00. The number of ether oxygens (including phenoxy) is 1. The minimum absolute atomic E-state index is 0.0217. The summed E-state index contributed by atoms with van der Waals surface area (Å²) < 4.78 is 79.0. The first-order valence-electron chi connectivity index (χ1n) is 10.2. The van der Waals surface area contributed by atoms with Gasteiger partial charge in [0.25, 0.3) is 6.01 Å². The number of carboxylic acids is 1. The number of benzene rings is 2. The van der Waals surface area contributed by atoms with E-state index in [0.717, 1.165) is 18.2 Å². The van der Waals surface area contributed by atoms with Crippen LogP contribution in [0.4, 0.5) is 22.0 Å². The summed E-state index contributed by atoms with van der Waals surface area (Å²) in [5, 5.41) is 9.35. The van der Waals surface area contributed by atoms with Crippen molar-refractivity contribution >= 4 is 16.9 Å². The van der Waals surface area contributed by atoms with E-state index in [-0.39, 0.29) is 52.3 Å². The Morgan fingerprint density at radius 1 is 1.09 bits per heavy atom. The Kier molecular flexibility index (Phi) is 6.44. The van der Waals surface area contributed by atoms with Gasteiger partial charge in [0.15, 0.2) is 5.82 Å². The molecule has 0 atom stereocenters. The van der Waals surface area contributed by atoms with Gasteiger partial charge in [-0.3, -0.25) is 9.78 Å². The van der Waals surface area contributed by atoms with E-state index in [1.165, 1.54) is 24.4 Å². The second-order valence-corrected chi connectivity index (χ2v) is 7.62. The summed E-state index contributed by atoms with van der Waals surface area (Å²) >= 11 is 0. The first-order chi connectivity index (χ1) is 16.6. The quantitative estimate of drug-likeness (QED) is 0.333. The molecule has 0 amide bonds. The molecule has 3 N–H and O–H groups in total. The van der Waals surface area contributed by atoms with Gasteiger partial charge in [-0.25, -0.2) is 4.39 Å². The molecular formula is C24H17F5N2O4. The Hall–Kier alpha value is -3.99. The molecule has 0 radical (unpaired) electrons. The summed E-state index contributed by atoms with van der Waals surface area (Å²) in [4.78, 5) is 15.0. The second kappa shape index (κ2) is 9.34. The van der Waals surface area contributed by atoms with Crippen molar-refractivity contribution in [2.75, 3.05) is 0 Å². The van der Waals surface area contributed by atoms with Crippen LogP contribution >= 0.6 is 0 Å². The number of hydrogen-bond donors (Lipinski definition) is 2. The predicted molar refractivity (Wildman–Crippen MR) is 114 cm³/mol. The van der Waals surface area contributed by atoms with Gasteiger partial charge >= 0.3 is 12.1 Å². The number of nitrogens with zero attached hydrogens (tertiary/aromatic N) is 1. The summed E-state index contributed by atoms with van der Waals surface area (Å²) in [6.07, 6.45) is -3.90. The fourth-order valence-electron chi connectivity index (χ4n) is 3.64. The summed E-state index contributed by atoms with van der Waals surface area (Å²) in [6.45, 7) is -0.500. The molecule has 11 heteroatoms. The number of carboxylic acid groups (broad SMARTS) is 1. The molecule has 2 heterocycles. The van der Waals surface area contributed by atoms with Crippen molar-refractivity contribution in [3.05, 3.63) is 82.9 Å². The smallest absolute Gasteiger partial charge is 0.416 e. The zero-order valence-corrected chi connectivity index (χ0v) is 17.8. The lowest BCUT2D eigenvalue weighted by Crippen LogP contribution is -2.09. The largest absolute Gasteiger partial charge is 0.489 e. The van der Waals surface area contributed by atoms with Gasteiger partial charge in [-0.1, -0.05) is 6.07 Å². The van der Waals surface area contributed by atoms with Crippen LogP contribution in [0, 0.1) is 11.8 Å². The Balaban J connectivity index is 1.75. The molecule has 0 spiro atoms. The van der Waals surface area contributed by atoms with Crippen molar-refractivity contribution in [1.29, 1.82) is 0 Å². The monoisotopic (exact) mass is 492 g/mol. The van der Waals surface area contributed by atoms with Crippen LogP contribution in [0.15, 0.2) is 53.1 Å². The third kappa shape index (κ3) is 5.09. The van der Waals surface area contributed by atoms with Gasteiger partial charge in [-0.2, -0.15) is 17.6 Å². The maximum absolute atomic E-state index is 14.9. The van der Waals surface area contributed by atoms with E-state index in [9.17, 15) is 26.7 Å². The van der Waals surface area contributed by atoms with Crippen LogP contribution in [0.5, 0.6) is 5.75 Å². The molecule has 0 aliphatic carbocycles. The van der Waals surface area contributed by atoms with Crippen LogP contribution in [0.3, 0.4) is 0 Å². The third-order valence-corrected chi connectivity index (χ3v) is 5.22. The number of nitrogens with two attached hydrogens (primary N) is 1. The SMILES string of the molecule is NCc1nccc(-c2cc(COc3cc(C(F)(F)F)ccc3CC(=O)O)cc3cc(F)oc23)c1F. The second-order valence-electron chi connectivity index (χ2n) is 7.62. The number of carbonyl (C=O) groups is 1. The maximum atomic E-state index is 14.9. The van der Waals surface area contributed by atoms with Crippen LogP contribution < -0.4 is 10.5 Å². The highest BCUT2D eigenvalue weighted by Crippen LogP contribution is 2.36. The van der Waals surface area contributed by atoms with Gasteiger partial charge in [-0.15, -0.1) is 0 Å². The number of hydrogen-bond acceptors (Lipinski definition) is 5. The zero-order chi connectivity index (χ0) is 25.3. The standard InChI is InChI=1S/C24H17F5N2O4/c25-20-7-14-5-12(6-17(23(14)35-20)16-3-4-31-18(10-30)22(16)26)11-34-19-9-15(24(27,28)29)2-1-13(19)8-21(32)33/h1-7,9H,8,10-11,30H2,(H,32,33). The van der Waals surface area contributed by atoms with E-state index in [0.29, 0.717) is 11.6 Å². The van der Waals surface area contributed by atoms with Gasteiger partial charge < -0.3 is 20.0 Å². The van der Waals surface area contributed by atoms with E-state index in [1.807, 2.05) is 0 Å². The fourth-order valence-corrected chi connectivity index (χ4v) is 3.64. The number of halogens is 5. The molecule has 0 bridgehead atoms. The van der Waals surface area contributed by atoms with Crippen molar-refractivity contribution in [3.8, 4) is 16.9 Å². The minimum Gasteiger partial charge on any atom is -0.489 e. The number of aromatic nitrogens is 1. The van der Waals surface area contributed by atoms with E-state index in [2.05, 4.69) is 4.98 Å². The normalized spacial score (nSPS) is 11.7. The molecule has 0 aliphatic heterocycles. The summed E-state index contributed by atoms with van der Waals surface area (Å²) in [7, 11) is 0. The van der Waals surface area contributed by atoms with Gasteiger partial charge in [-0.05, 0) is 35.9 Å². The molecule has 4 aromatic rings. The first-order valence-corrected chi connectivity index (χ1v) is 10.2. The molecule has 6 nitrogen and oxygen atoms in total. The molecule has 182 valence electrons. The van der Waals surface area contributed by atoms with E-state index in [1.54, 1.807) is 0 Å². The number of fused-ring (bicyclic) bond motifs is 1. The van der Waals surface area contributed by atoms with Crippen LogP contribution in [0.25, 0.3) is 22.1 Å². The van der Waals surface area contributed by atoms with Crippen LogP contribution in [0.2, 0.25) is 0 Å².